The molecular weight excluding hydrogens is 194 g/mol. The van der Waals surface area contributed by atoms with Gasteiger partial charge < -0.3 is 5.73 Å². The second-order valence-corrected chi connectivity index (χ2v) is 7.17. The van der Waals surface area contributed by atoms with Gasteiger partial charge in [0.05, 0.1) is 0 Å². The predicted molar refractivity (Wildman–Crippen MR) is 72.5 cm³/mol. The highest BCUT2D eigenvalue weighted by atomic mass is 14.7. The van der Waals surface area contributed by atoms with Crippen LogP contribution in [0.5, 0.6) is 0 Å². The second-order valence-electron chi connectivity index (χ2n) is 7.17. The van der Waals surface area contributed by atoms with E-state index < -0.39 is 0 Å². The third-order valence-corrected chi connectivity index (χ3v) is 4.28. The van der Waals surface area contributed by atoms with Gasteiger partial charge >= 0.3 is 0 Å². The fourth-order valence-electron chi connectivity index (χ4n) is 2.87. The van der Waals surface area contributed by atoms with Crippen molar-refractivity contribution in [2.75, 3.05) is 0 Å². The Morgan fingerprint density at radius 3 is 2.38 bits per heavy atom. The molecule has 0 radical (unpaired) electrons. The minimum Gasteiger partial charge on any atom is -0.325 e. The molecule has 96 valence electrons. The summed E-state index contributed by atoms with van der Waals surface area (Å²) in [6, 6.07) is 0. The lowest BCUT2D eigenvalue weighted by atomic mass is 9.82. The van der Waals surface area contributed by atoms with Crippen LogP contribution in [0.2, 0.25) is 0 Å². The second kappa shape index (κ2) is 5.53. The Hall–Kier alpha value is -0.0400. The maximum Gasteiger partial charge on any atom is 0.0154 e. The van der Waals surface area contributed by atoms with Crippen molar-refractivity contribution in [3.05, 3.63) is 0 Å². The molecule has 1 heteroatoms. The number of hydrogen-bond donors (Lipinski definition) is 1. The SMILES string of the molecule is CC(C)CCCC1(N)CCCC(C)(C)CC1. The van der Waals surface area contributed by atoms with E-state index in [2.05, 4.69) is 27.7 Å². The van der Waals surface area contributed by atoms with Crippen LogP contribution in [0.4, 0.5) is 0 Å². The Bertz CT molecular complexity index is 207. The molecule has 1 unspecified atom stereocenters. The van der Waals surface area contributed by atoms with Gasteiger partial charge in [-0.1, -0.05) is 47.0 Å². The molecule has 0 spiro atoms. The average Bonchev–Trinajstić information content (AvgIpc) is 2.26. The van der Waals surface area contributed by atoms with Crippen LogP contribution in [-0.4, -0.2) is 5.54 Å². The van der Waals surface area contributed by atoms with Crippen molar-refractivity contribution in [1.82, 2.24) is 0 Å². The maximum absolute atomic E-state index is 6.57. The Labute approximate surface area is 102 Å². The Balaban J connectivity index is 2.38. The molecule has 1 fully saturated rings. The monoisotopic (exact) mass is 225 g/mol. The van der Waals surface area contributed by atoms with Crippen molar-refractivity contribution in [3.8, 4) is 0 Å². The van der Waals surface area contributed by atoms with Gasteiger partial charge in [-0.2, -0.15) is 0 Å². The van der Waals surface area contributed by atoms with Crippen molar-refractivity contribution in [1.29, 1.82) is 0 Å². The topological polar surface area (TPSA) is 26.0 Å². The fourth-order valence-corrected chi connectivity index (χ4v) is 2.87. The zero-order valence-electron chi connectivity index (χ0n) is 11.8. The zero-order valence-corrected chi connectivity index (χ0v) is 11.8. The van der Waals surface area contributed by atoms with Crippen LogP contribution in [0, 0.1) is 11.3 Å². The predicted octanol–water partition coefficient (Wildman–Crippen LogP) is 4.50. The Morgan fingerprint density at radius 2 is 1.75 bits per heavy atom. The summed E-state index contributed by atoms with van der Waals surface area (Å²) in [5.41, 5.74) is 7.25. The van der Waals surface area contributed by atoms with Crippen LogP contribution >= 0.6 is 0 Å². The maximum atomic E-state index is 6.57. The number of rotatable bonds is 4. The summed E-state index contributed by atoms with van der Waals surface area (Å²) in [4.78, 5) is 0. The molecule has 0 aliphatic heterocycles. The first-order chi connectivity index (χ1) is 7.33. The highest BCUT2D eigenvalue weighted by molar-refractivity contribution is 4.90. The highest BCUT2D eigenvalue weighted by Gasteiger charge is 2.31. The van der Waals surface area contributed by atoms with Gasteiger partial charge in [-0.25, -0.2) is 0 Å². The molecule has 2 N–H and O–H groups in total. The summed E-state index contributed by atoms with van der Waals surface area (Å²) in [6.07, 6.45) is 10.4. The van der Waals surface area contributed by atoms with Crippen molar-refractivity contribution in [2.45, 2.75) is 84.6 Å². The van der Waals surface area contributed by atoms with E-state index in [0.29, 0.717) is 5.41 Å². The smallest absolute Gasteiger partial charge is 0.0154 e. The lowest BCUT2D eigenvalue weighted by molar-refractivity contribution is 0.285. The van der Waals surface area contributed by atoms with E-state index in [-0.39, 0.29) is 5.54 Å². The van der Waals surface area contributed by atoms with Crippen molar-refractivity contribution in [2.24, 2.45) is 17.1 Å². The van der Waals surface area contributed by atoms with Crippen LogP contribution < -0.4 is 5.73 Å². The van der Waals surface area contributed by atoms with Crippen LogP contribution in [0.25, 0.3) is 0 Å². The molecule has 1 rings (SSSR count). The normalized spacial score (nSPS) is 30.4. The summed E-state index contributed by atoms with van der Waals surface area (Å²) >= 11 is 0. The van der Waals surface area contributed by atoms with Gasteiger partial charge in [0.15, 0.2) is 0 Å². The first-order valence-electron chi connectivity index (χ1n) is 7.12. The molecular formula is C15H31N. The molecule has 1 saturated carbocycles. The molecule has 0 heterocycles. The first-order valence-corrected chi connectivity index (χ1v) is 7.12. The van der Waals surface area contributed by atoms with Crippen molar-refractivity contribution < 1.29 is 0 Å². The van der Waals surface area contributed by atoms with Crippen LogP contribution in [0.3, 0.4) is 0 Å². The molecule has 1 aliphatic carbocycles. The van der Waals surface area contributed by atoms with Gasteiger partial charge in [0.25, 0.3) is 0 Å². The molecule has 0 aromatic heterocycles. The zero-order chi connectivity index (χ0) is 12.2. The van der Waals surface area contributed by atoms with Crippen LogP contribution in [0.15, 0.2) is 0 Å². The summed E-state index contributed by atoms with van der Waals surface area (Å²) in [5.74, 6) is 0.825. The molecule has 1 nitrogen and oxygen atoms in total. The summed E-state index contributed by atoms with van der Waals surface area (Å²) < 4.78 is 0. The molecule has 0 aromatic carbocycles. The molecule has 16 heavy (non-hydrogen) atoms. The minimum atomic E-state index is 0.155. The quantitative estimate of drug-likeness (QED) is 0.700. The Kier molecular flexibility index (Phi) is 4.85. The van der Waals surface area contributed by atoms with E-state index >= 15 is 0 Å². The third-order valence-electron chi connectivity index (χ3n) is 4.28. The van der Waals surface area contributed by atoms with E-state index in [1.54, 1.807) is 0 Å². The molecule has 0 aromatic rings. The van der Waals surface area contributed by atoms with Crippen molar-refractivity contribution >= 4 is 0 Å². The van der Waals surface area contributed by atoms with E-state index in [1.165, 1.54) is 51.4 Å². The lowest BCUT2D eigenvalue weighted by Gasteiger charge is -2.29. The summed E-state index contributed by atoms with van der Waals surface area (Å²) in [5, 5.41) is 0. The Morgan fingerprint density at radius 1 is 1.06 bits per heavy atom. The van der Waals surface area contributed by atoms with Crippen LogP contribution in [-0.2, 0) is 0 Å². The molecule has 0 bridgehead atoms. The first kappa shape index (κ1) is 14.0. The van der Waals surface area contributed by atoms with E-state index in [0.717, 1.165) is 5.92 Å². The highest BCUT2D eigenvalue weighted by Crippen LogP contribution is 2.38. The van der Waals surface area contributed by atoms with Gasteiger partial charge in [-0.05, 0) is 43.4 Å². The molecule has 1 aliphatic rings. The van der Waals surface area contributed by atoms with E-state index in [9.17, 15) is 0 Å². The van der Waals surface area contributed by atoms with Gasteiger partial charge in [-0.3, -0.25) is 0 Å². The summed E-state index contributed by atoms with van der Waals surface area (Å²) in [6.45, 7) is 9.40. The van der Waals surface area contributed by atoms with Crippen LogP contribution in [0.1, 0.15) is 79.1 Å². The molecule has 0 saturated heterocycles. The lowest BCUT2D eigenvalue weighted by Crippen LogP contribution is -2.39. The van der Waals surface area contributed by atoms with Gasteiger partial charge in [-0.15, -0.1) is 0 Å². The minimum absolute atomic E-state index is 0.155. The van der Waals surface area contributed by atoms with Gasteiger partial charge in [0.1, 0.15) is 0 Å². The number of nitrogens with two attached hydrogens (primary N) is 1. The molecule has 1 atom stereocenters. The average molecular weight is 225 g/mol. The standard InChI is InChI=1S/C15H31N/c1-13(2)7-5-9-15(16)10-6-8-14(3,4)11-12-15/h13H,5-12,16H2,1-4H3. The van der Waals surface area contributed by atoms with Gasteiger partial charge in [0.2, 0.25) is 0 Å². The fraction of sp³-hybridized carbons (Fsp3) is 1.00. The molecule has 0 amide bonds. The summed E-state index contributed by atoms with van der Waals surface area (Å²) in [7, 11) is 0. The largest absolute Gasteiger partial charge is 0.325 e. The van der Waals surface area contributed by atoms with Crippen molar-refractivity contribution in [3.63, 3.8) is 0 Å². The van der Waals surface area contributed by atoms with E-state index in [4.69, 9.17) is 5.73 Å². The third kappa shape index (κ3) is 4.86. The van der Waals surface area contributed by atoms with Gasteiger partial charge in [0, 0.05) is 5.54 Å². The number of hydrogen-bond acceptors (Lipinski definition) is 1. The van der Waals surface area contributed by atoms with E-state index in [1.807, 2.05) is 0 Å².